The maximum absolute atomic E-state index is 12.5. The molecule has 3 rings (SSSR count). The summed E-state index contributed by atoms with van der Waals surface area (Å²) in [5.74, 6) is 0. The van der Waals surface area contributed by atoms with Gasteiger partial charge in [-0.3, -0.25) is 0 Å². The Bertz CT molecular complexity index is 2010. The van der Waals surface area contributed by atoms with Crippen molar-refractivity contribution in [3.63, 3.8) is 0 Å². The second kappa shape index (κ2) is 72.9. The van der Waals surface area contributed by atoms with Gasteiger partial charge in [-0.1, -0.05) is 429 Å². The van der Waals surface area contributed by atoms with E-state index in [0.29, 0.717) is 0 Å². The van der Waals surface area contributed by atoms with E-state index in [2.05, 4.69) is 107 Å². The normalized spacial score (nSPS) is 12.2. The van der Waals surface area contributed by atoms with Crippen molar-refractivity contribution in [3.8, 4) is 0 Å². The smallest absolute Gasteiger partial charge is 0.493 e. The minimum absolute atomic E-state index is 0. The number of rotatable bonds is 68. The average Bonchev–Trinajstić information content (AvgIpc) is 1.61. The van der Waals surface area contributed by atoms with Crippen molar-refractivity contribution in [2.45, 2.75) is 506 Å². The van der Waals surface area contributed by atoms with Crippen molar-refractivity contribution in [1.82, 2.24) is 0 Å². The third-order valence-corrected chi connectivity index (χ3v) is 21.6. The van der Waals surface area contributed by atoms with Gasteiger partial charge in [-0.25, -0.2) is 4.70 Å². The van der Waals surface area contributed by atoms with Crippen molar-refractivity contribution < 1.29 is 21.2 Å². The predicted molar refractivity (Wildman–Crippen MR) is 446 cm³/mol. The van der Waals surface area contributed by atoms with E-state index in [4.69, 9.17) is 0 Å². The summed E-state index contributed by atoms with van der Waals surface area (Å²) in [6.45, 7) is 30.9. The summed E-state index contributed by atoms with van der Waals surface area (Å²) in [7, 11) is 0. The van der Waals surface area contributed by atoms with Crippen molar-refractivity contribution >= 4 is 11.4 Å². The summed E-state index contributed by atoms with van der Waals surface area (Å²) in [6, 6.07) is 9.86. The Morgan fingerprint density at radius 1 is 0.222 bits per heavy atom. The van der Waals surface area contributed by atoms with Gasteiger partial charge in [-0.15, -0.1) is 0 Å². The largest absolute Gasteiger partial charge is 2.00 e. The first-order valence-corrected chi connectivity index (χ1v) is 45.1. The van der Waals surface area contributed by atoms with E-state index in [0.717, 1.165) is 114 Å². The fourth-order valence-electron chi connectivity index (χ4n) is 15.8. The van der Waals surface area contributed by atoms with E-state index in [1.165, 1.54) is 378 Å². The molecule has 0 fully saturated rings. The van der Waals surface area contributed by atoms with E-state index in [9.17, 15) is 5.53 Å². The molecule has 2 nitrogen and oxygen atoms in total. The Hall–Kier alpha value is -1.99. The van der Waals surface area contributed by atoms with Gasteiger partial charge in [0.15, 0.2) is 0 Å². The van der Waals surface area contributed by atoms with E-state index >= 15 is 0 Å². The zero-order valence-electron chi connectivity index (χ0n) is 69.0. The van der Waals surface area contributed by atoms with Crippen LogP contribution in [0.2, 0.25) is 0 Å². The number of allylic oxidation sites excluding steroid dienone is 2. The molecule has 1 heterocycles. The van der Waals surface area contributed by atoms with Gasteiger partial charge >= 0.3 is 16.5 Å². The standard InChI is InChI=1S/C44H68N2.2C26H53.Ni/c1-9-17-19-20-28-42-41(27-18-10-2)43(37-29-33(21-11-3)39(25-15-7)34(30-37)22-12-4)46(45)44(42)38-31-35(23-13-5)40(26-16-8)36(32-38)24-14-6;2*1-3-5-7-9-11-13-15-17-19-21-23-25-26-24-22-20-18-16-14-12-10-8-6-4-2;/h29-32H,9-28H2,1-8H3;2*1,3-26H2,2H3;/q;2*-1;+2. The molecule has 0 N–H and O–H groups in total. The van der Waals surface area contributed by atoms with Crippen molar-refractivity contribution in [2.24, 2.45) is 0 Å². The third-order valence-electron chi connectivity index (χ3n) is 21.6. The molecule has 0 aliphatic carbocycles. The van der Waals surface area contributed by atoms with Gasteiger partial charge in [0.2, 0.25) is 11.4 Å². The van der Waals surface area contributed by atoms with E-state index in [-0.39, 0.29) is 16.5 Å². The van der Waals surface area contributed by atoms with Gasteiger partial charge in [0, 0.05) is 22.3 Å². The van der Waals surface area contributed by atoms with Crippen LogP contribution < -0.4 is 0 Å². The Labute approximate surface area is 633 Å². The van der Waals surface area contributed by atoms with Crippen LogP contribution in [0, 0.1) is 13.8 Å². The fraction of sp³-hybridized carbons (Fsp3) is 0.812. The number of aryl methyl sites for hydroxylation is 4. The number of benzene rings is 2. The van der Waals surface area contributed by atoms with Crippen molar-refractivity contribution in [3.05, 3.63) is 99.3 Å². The molecule has 0 bridgehead atoms. The third kappa shape index (κ3) is 48.7. The van der Waals surface area contributed by atoms with Gasteiger partial charge in [-0.05, 0) is 122 Å². The van der Waals surface area contributed by atoms with Gasteiger partial charge < -0.3 is 19.4 Å². The molecule has 0 saturated carbocycles. The summed E-state index contributed by atoms with van der Waals surface area (Å²) in [5, 5.41) is 0. The van der Waals surface area contributed by atoms with Gasteiger partial charge in [0.05, 0.1) is 0 Å². The Kier molecular flexibility index (Phi) is 71.5. The Morgan fingerprint density at radius 2 is 0.404 bits per heavy atom. The van der Waals surface area contributed by atoms with Gasteiger partial charge in [0.1, 0.15) is 0 Å². The number of hydrogen-bond donors (Lipinski definition) is 0. The van der Waals surface area contributed by atoms with Crippen LogP contribution in [0.15, 0.2) is 35.4 Å². The molecule has 2 aromatic rings. The first kappa shape index (κ1) is 97.0. The number of unbranched alkanes of at least 4 members (excludes halogenated alkanes) is 50. The molecule has 1 aliphatic rings. The van der Waals surface area contributed by atoms with Crippen LogP contribution in [0.1, 0.15) is 512 Å². The van der Waals surface area contributed by atoms with E-state index < -0.39 is 0 Å². The van der Waals surface area contributed by atoms with E-state index in [1.54, 1.807) is 15.8 Å². The van der Waals surface area contributed by atoms with Crippen LogP contribution in [0.4, 0.5) is 0 Å². The average molecular weight is 1420 g/mol. The summed E-state index contributed by atoms with van der Waals surface area (Å²) in [4.78, 5) is 0. The summed E-state index contributed by atoms with van der Waals surface area (Å²) in [5.41, 5.74) is 29.1. The molecule has 578 valence electrons. The van der Waals surface area contributed by atoms with Gasteiger partial charge in [-0.2, -0.15) is 12.8 Å². The molecule has 0 amide bonds. The molecular weight excluding hydrogens is 1240 g/mol. The van der Waals surface area contributed by atoms with E-state index in [1.807, 2.05) is 0 Å². The minimum Gasteiger partial charge on any atom is -0.493 e. The molecule has 0 atom stereocenters. The van der Waals surface area contributed by atoms with Crippen LogP contribution in [-0.2, 0) is 55.0 Å². The molecule has 0 spiro atoms. The first-order valence-electron chi connectivity index (χ1n) is 45.1. The zero-order valence-corrected chi connectivity index (χ0v) is 70.0. The second-order valence-electron chi connectivity index (χ2n) is 31.2. The topological polar surface area (TPSA) is 25.3 Å². The number of hydrogen-bond acceptors (Lipinski definition) is 0. The number of nitrogens with zero attached hydrogens (tertiary/aromatic N) is 2. The maximum Gasteiger partial charge on any atom is 2.00 e. The van der Waals surface area contributed by atoms with Crippen molar-refractivity contribution in [2.75, 3.05) is 0 Å². The molecule has 2 aromatic carbocycles. The van der Waals surface area contributed by atoms with Crippen LogP contribution in [-0.4, -0.2) is 4.70 Å². The molecule has 3 heteroatoms. The molecule has 0 saturated heterocycles. The zero-order chi connectivity index (χ0) is 71.4. The quantitative estimate of drug-likeness (QED) is 0.0273. The SMILES string of the molecule is CCCCCCC1=C(c2cc(CCC)c(CCC)c(CCC)c2)[N+](=[N-])C(c2cc(CCC)c(CCC)c(CCC)c2)=C1CCCC.[CH2-]CCCCCCCCCCCCCCCCCCCCCCCCC.[CH2-]CCCCCCCCCCCCCCCCCCCCCCCCC.[Ni+2]. The summed E-state index contributed by atoms with van der Waals surface area (Å²) >= 11 is 0. The fourth-order valence-corrected chi connectivity index (χ4v) is 15.8. The molecule has 99 heavy (non-hydrogen) atoms. The summed E-state index contributed by atoms with van der Waals surface area (Å²) < 4.78 is 1.67. The Morgan fingerprint density at radius 3 is 0.596 bits per heavy atom. The summed E-state index contributed by atoms with van der Waals surface area (Å²) in [6.07, 6.45) is 92.5. The minimum atomic E-state index is 0. The molecule has 1 aliphatic heterocycles. The van der Waals surface area contributed by atoms with Crippen LogP contribution in [0.25, 0.3) is 16.9 Å². The van der Waals surface area contributed by atoms with Gasteiger partial charge in [0.25, 0.3) is 0 Å². The maximum atomic E-state index is 12.5. The van der Waals surface area contributed by atoms with Crippen LogP contribution in [0.3, 0.4) is 0 Å². The predicted octanol–water partition coefficient (Wildman–Crippen LogP) is 34.1. The molecular formula is C96H174N2Ni. The second-order valence-corrected chi connectivity index (χ2v) is 31.2. The molecule has 0 unspecified atom stereocenters. The first-order chi connectivity index (χ1) is 48.3. The monoisotopic (exact) mass is 1410 g/mol. The van der Waals surface area contributed by atoms with Crippen molar-refractivity contribution in [1.29, 1.82) is 0 Å². The van der Waals surface area contributed by atoms with Crippen LogP contribution >= 0.6 is 0 Å². The Balaban J connectivity index is 0.00000156. The van der Waals surface area contributed by atoms with Crippen LogP contribution in [0.5, 0.6) is 0 Å². The molecule has 0 aromatic heterocycles. The molecule has 0 radical (unpaired) electrons.